The molecule has 12 heteroatoms. The summed E-state index contributed by atoms with van der Waals surface area (Å²) < 4.78 is 37.9. The fourth-order valence-electron chi connectivity index (χ4n) is 2.58. The van der Waals surface area contributed by atoms with Crippen molar-refractivity contribution >= 4 is 34.2 Å². The number of alkyl halides is 3. The number of pyridine rings is 2. The predicted molar refractivity (Wildman–Crippen MR) is 97.3 cm³/mol. The van der Waals surface area contributed by atoms with Crippen LogP contribution in [0.3, 0.4) is 0 Å². The molecule has 0 aliphatic rings. The standard InChI is InChI=1S/C17H16F3N7O2/c1-2-27(8-10-4-3-9(5-22-10)17(18,19)20)16(29)15(28)25-12-7-23-14(21)11-6-24-26-13(11)12/h3-7H,2,8H2,1H3,(H2,21,23)(H,24,26)(H,25,28). The molecule has 152 valence electrons. The first kappa shape index (κ1) is 20.0. The minimum absolute atomic E-state index is 0.125. The van der Waals surface area contributed by atoms with E-state index in [1.54, 1.807) is 6.92 Å². The lowest BCUT2D eigenvalue weighted by molar-refractivity contribution is -0.143. The van der Waals surface area contributed by atoms with Gasteiger partial charge in [0.25, 0.3) is 0 Å². The van der Waals surface area contributed by atoms with Crippen molar-refractivity contribution < 1.29 is 22.8 Å². The molecule has 3 heterocycles. The zero-order valence-corrected chi connectivity index (χ0v) is 15.1. The number of carbonyl (C=O) groups excluding carboxylic acids is 2. The second-order valence-electron chi connectivity index (χ2n) is 6.03. The van der Waals surface area contributed by atoms with Crippen LogP contribution in [0, 0.1) is 0 Å². The van der Waals surface area contributed by atoms with Crippen molar-refractivity contribution in [2.75, 3.05) is 17.6 Å². The van der Waals surface area contributed by atoms with Gasteiger partial charge in [-0.15, -0.1) is 0 Å². The number of hydrogen-bond donors (Lipinski definition) is 3. The highest BCUT2D eigenvalue weighted by molar-refractivity contribution is 6.40. The van der Waals surface area contributed by atoms with E-state index < -0.39 is 23.6 Å². The third-order valence-corrected chi connectivity index (χ3v) is 4.13. The molecule has 29 heavy (non-hydrogen) atoms. The predicted octanol–water partition coefficient (Wildman–Crippen LogP) is 1.94. The molecule has 0 aliphatic heterocycles. The maximum atomic E-state index is 12.6. The quantitative estimate of drug-likeness (QED) is 0.567. The maximum absolute atomic E-state index is 12.6. The molecule has 9 nitrogen and oxygen atoms in total. The van der Waals surface area contributed by atoms with Crippen molar-refractivity contribution in [2.24, 2.45) is 0 Å². The zero-order valence-electron chi connectivity index (χ0n) is 15.1. The lowest BCUT2D eigenvalue weighted by atomic mass is 10.2. The average molecular weight is 407 g/mol. The van der Waals surface area contributed by atoms with E-state index in [1.165, 1.54) is 12.4 Å². The first-order valence-corrected chi connectivity index (χ1v) is 8.40. The van der Waals surface area contributed by atoms with E-state index in [9.17, 15) is 22.8 Å². The molecule has 0 bridgehead atoms. The van der Waals surface area contributed by atoms with Crippen LogP contribution < -0.4 is 11.1 Å². The Balaban J connectivity index is 1.72. The van der Waals surface area contributed by atoms with Crippen molar-refractivity contribution in [1.82, 2.24) is 25.1 Å². The average Bonchev–Trinajstić information content (AvgIpc) is 3.18. The van der Waals surface area contributed by atoms with E-state index in [-0.39, 0.29) is 30.3 Å². The summed E-state index contributed by atoms with van der Waals surface area (Å²) in [5.74, 6) is -1.61. The van der Waals surface area contributed by atoms with Crippen LogP contribution in [0.5, 0.6) is 0 Å². The maximum Gasteiger partial charge on any atom is 0.417 e. The second kappa shape index (κ2) is 7.73. The van der Waals surface area contributed by atoms with Crippen molar-refractivity contribution in [3.63, 3.8) is 0 Å². The molecule has 3 aromatic rings. The molecule has 0 saturated carbocycles. The molecule has 0 unspecified atom stereocenters. The van der Waals surface area contributed by atoms with Gasteiger partial charge in [0.2, 0.25) is 0 Å². The fourth-order valence-corrected chi connectivity index (χ4v) is 2.58. The number of carbonyl (C=O) groups is 2. The third-order valence-electron chi connectivity index (χ3n) is 4.13. The molecule has 3 rings (SSSR count). The minimum atomic E-state index is -4.50. The molecule has 0 aliphatic carbocycles. The van der Waals surface area contributed by atoms with E-state index >= 15 is 0 Å². The molecule has 3 aromatic heterocycles. The number of hydrogen-bond acceptors (Lipinski definition) is 6. The van der Waals surface area contributed by atoms with Crippen molar-refractivity contribution in [2.45, 2.75) is 19.6 Å². The third kappa shape index (κ3) is 4.25. The van der Waals surface area contributed by atoms with Crippen LogP contribution in [0.25, 0.3) is 10.9 Å². The topological polar surface area (TPSA) is 130 Å². The van der Waals surface area contributed by atoms with Gasteiger partial charge in [0, 0.05) is 12.7 Å². The van der Waals surface area contributed by atoms with E-state index in [2.05, 4.69) is 25.5 Å². The molecule has 2 amide bonds. The van der Waals surface area contributed by atoms with E-state index in [4.69, 9.17) is 5.73 Å². The van der Waals surface area contributed by atoms with Crippen LogP contribution in [0.1, 0.15) is 18.2 Å². The number of amides is 2. The number of nitrogens with two attached hydrogens (primary N) is 1. The largest absolute Gasteiger partial charge is 0.417 e. The summed E-state index contributed by atoms with van der Waals surface area (Å²) in [6, 6.07) is 2.03. The summed E-state index contributed by atoms with van der Waals surface area (Å²) in [6.07, 6.45) is -1.10. The fraction of sp³-hybridized carbons (Fsp3) is 0.235. The number of H-pyrrole nitrogens is 1. The Labute approximate surface area is 162 Å². The Morgan fingerprint density at radius 3 is 2.59 bits per heavy atom. The number of aromatic amines is 1. The minimum Gasteiger partial charge on any atom is -0.383 e. The van der Waals surface area contributed by atoms with Crippen LogP contribution in [0.4, 0.5) is 24.7 Å². The summed E-state index contributed by atoms with van der Waals surface area (Å²) in [7, 11) is 0. The van der Waals surface area contributed by atoms with Gasteiger partial charge in [-0.25, -0.2) is 4.98 Å². The van der Waals surface area contributed by atoms with Crippen LogP contribution >= 0.6 is 0 Å². The second-order valence-corrected chi connectivity index (χ2v) is 6.03. The molecule has 0 fully saturated rings. The van der Waals surface area contributed by atoms with Gasteiger partial charge in [-0.05, 0) is 19.1 Å². The van der Waals surface area contributed by atoms with Crippen molar-refractivity contribution in [3.05, 3.63) is 42.0 Å². The monoisotopic (exact) mass is 407 g/mol. The molecule has 0 aromatic carbocycles. The van der Waals surface area contributed by atoms with Gasteiger partial charge in [-0.3, -0.25) is 19.7 Å². The smallest absolute Gasteiger partial charge is 0.383 e. The highest BCUT2D eigenvalue weighted by Crippen LogP contribution is 2.28. The number of halogens is 3. The van der Waals surface area contributed by atoms with Crippen LogP contribution in [-0.2, 0) is 22.3 Å². The SMILES string of the molecule is CCN(Cc1ccc(C(F)(F)F)cn1)C(=O)C(=O)Nc1cnc(N)c2cn[nH]c12. The van der Waals surface area contributed by atoms with Crippen molar-refractivity contribution in [3.8, 4) is 0 Å². The summed E-state index contributed by atoms with van der Waals surface area (Å²) in [5, 5.41) is 9.41. The number of aromatic nitrogens is 4. The van der Waals surface area contributed by atoms with Crippen molar-refractivity contribution in [1.29, 1.82) is 0 Å². The lowest BCUT2D eigenvalue weighted by Crippen LogP contribution is -2.39. The summed E-state index contributed by atoms with van der Waals surface area (Å²) >= 11 is 0. The summed E-state index contributed by atoms with van der Waals surface area (Å²) in [6.45, 7) is 1.65. The van der Waals surface area contributed by atoms with Gasteiger partial charge in [0.05, 0.1) is 46.8 Å². The number of anilines is 2. The summed E-state index contributed by atoms with van der Waals surface area (Å²) in [4.78, 5) is 33.7. The molecule has 0 spiro atoms. The van der Waals surface area contributed by atoms with E-state index in [0.29, 0.717) is 17.1 Å². The first-order chi connectivity index (χ1) is 13.7. The Morgan fingerprint density at radius 1 is 1.21 bits per heavy atom. The molecule has 4 N–H and O–H groups in total. The molecular weight excluding hydrogens is 391 g/mol. The lowest BCUT2D eigenvalue weighted by Gasteiger charge is -2.20. The van der Waals surface area contributed by atoms with Gasteiger partial charge in [-0.2, -0.15) is 18.3 Å². The number of fused-ring (bicyclic) bond motifs is 1. The molecule has 0 saturated heterocycles. The Morgan fingerprint density at radius 2 is 1.97 bits per heavy atom. The zero-order chi connectivity index (χ0) is 21.2. The first-order valence-electron chi connectivity index (χ1n) is 8.40. The van der Waals surface area contributed by atoms with Gasteiger partial charge in [0.1, 0.15) is 5.82 Å². The Bertz CT molecular complexity index is 1050. The Hall–Kier alpha value is -3.70. The highest BCUT2D eigenvalue weighted by atomic mass is 19.4. The van der Waals surface area contributed by atoms with E-state index in [0.717, 1.165) is 17.0 Å². The van der Waals surface area contributed by atoms with Gasteiger partial charge >= 0.3 is 18.0 Å². The number of nitrogens with zero attached hydrogens (tertiary/aromatic N) is 4. The van der Waals surface area contributed by atoms with Crippen LogP contribution in [0.2, 0.25) is 0 Å². The van der Waals surface area contributed by atoms with Crippen LogP contribution in [-0.4, -0.2) is 43.4 Å². The van der Waals surface area contributed by atoms with Crippen LogP contribution in [0.15, 0.2) is 30.7 Å². The number of nitrogen functional groups attached to an aromatic ring is 1. The van der Waals surface area contributed by atoms with Gasteiger partial charge in [-0.1, -0.05) is 0 Å². The highest BCUT2D eigenvalue weighted by Gasteiger charge is 2.31. The summed E-state index contributed by atoms with van der Waals surface area (Å²) in [5.41, 5.74) is 5.66. The van der Waals surface area contributed by atoms with Gasteiger partial charge in [0.15, 0.2) is 0 Å². The number of likely N-dealkylation sites (N-methyl/N-ethyl adjacent to an activating group) is 1. The van der Waals surface area contributed by atoms with Gasteiger partial charge < -0.3 is 16.0 Å². The molecule has 0 atom stereocenters. The normalized spacial score (nSPS) is 11.4. The Kier molecular flexibility index (Phi) is 5.35. The molecule has 0 radical (unpaired) electrons. The molecular formula is C17H16F3N7O2. The number of nitrogens with one attached hydrogen (secondary N) is 2. The number of rotatable bonds is 4. The van der Waals surface area contributed by atoms with E-state index in [1.807, 2.05) is 0 Å².